The lowest BCUT2D eigenvalue weighted by atomic mass is 9.85. The van der Waals surface area contributed by atoms with E-state index < -0.39 is 0 Å². The first-order valence-corrected chi connectivity index (χ1v) is 7.27. The van der Waals surface area contributed by atoms with Crippen molar-refractivity contribution in [1.29, 1.82) is 0 Å². The SMILES string of the molecule is NC(=O)C1CCC(NCc2cc3c(cc2O)OCO3)CC1. The van der Waals surface area contributed by atoms with Crippen LogP contribution in [0.25, 0.3) is 0 Å². The molecule has 1 aromatic rings. The molecular formula is C15H20N2O4. The molecule has 1 saturated carbocycles. The van der Waals surface area contributed by atoms with Crippen molar-refractivity contribution in [3.63, 3.8) is 0 Å². The highest BCUT2D eigenvalue weighted by molar-refractivity contribution is 5.76. The van der Waals surface area contributed by atoms with Crippen LogP contribution in [0.4, 0.5) is 0 Å². The van der Waals surface area contributed by atoms with Crippen molar-refractivity contribution >= 4 is 5.91 Å². The molecule has 0 radical (unpaired) electrons. The van der Waals surface area contributed by atoms with E-state index in [4.69, 9.17) is 15.2 Å². The molecule has 2 aliphatic rings. The van der Waals surface area contributed by atoms with Crippen LogP contribution in [0.15, 0.2) is 12.1 Å². The Labute approximate surface area is 123 Å². The topological polar surface area (TPSA) is 93.8 Å². The highest BCUT2D eigenvalue weighted by Gasteiger charge is 2.24. The van der Waals surface area contributed by atoms with E-state index >= 15 is 0 Å². The van der Waals surface area contributed by atoms with E-state index in [1.165, 1.54) is 0 Å². The minimum Gasteiger partial charge on any atom is -0.507 e. The number of rotatable bonds is 4. The Morgan fingerprint density at radius 3 is 2.57 bits per heavy atom. The van der Waals surface area contributed by atoms with Gasteiger partial charge in [-0.25, -0.2) is 0 Å². The zero-order valence-corrected chi connectivity index (χ0v) is 11.8. The summed E-state index contributed by atoms with van der Waals surface area (Å²) in [7, 11) is 0. The van der Waals surface area contributed by atoms with E-state index in [2.05, 4.69) is 5.32 Å². The third-order valence-electron chi connectivity index (χ3n) is 4.28. The first-order chi connectivity index (χ1) is 10.1. The molecular weight excluding hydrogens is 272 g/mol. The van der Waals surface area contributed by atoms with Gasteiger partial charge in [-0.2, -0.15) is 0 Å². The van der Waals surface area contributed by atoms with E-state index in [9.17, 15) is 9.90 Å². The molecule has 1 aliphatic carbocycles. The number of carbonyl (C=O) groups is 1. The molecule has 0 atom stereocenters. The second-order valence-electron chi connectivity index (χ2n) is 5.67. The van der Waals surface area contributed by atoms with Gasteiger partial charge in [0.1, 0.15) is 5.75 Å². The number of phenolic OH excluding ortho intramolecular Hbond substituents is 1. The molecule has 1 amide bonds. The monoisotopic (exact) mass is 292 g/mol. The van der Waals surface area contributed by atoms with Crippen molar-refractivity contribution in [1.82, 2.24) is 5.32 Å². The number of nitrogens with two attached hydrogens (primary N) is 1. The van der Waals surface area contributed by atoms with Gasteiger partial charge in [0.15, 0.2) is 11.5 Å². The second kappa shape index (κ2) is 5.81. The maximum absolute atomic E-state index is 11.1. The fraction of sp³-hybridized carbons (Fsp3) is 0.533. The third kappa shape index (κ3) is 3.05. The van der Waals surface area contributed by atoms with Gasteiger partial charge >= 0.3 is 0 Å². The zero-order valence-electron chi connectivity index (χ0n) is 11.8. The number of hydrogen-bond acceptors (Lipinski definition) is 5. The number of aromatic hydroxyl groups is 1. The number of amides is 1. The van der Waals surface area contributed by atoms with Crippen molar-refractivity contribution < 1.29 is 19.4 Å². The largest absolute Gasteiger partial charge is 0.507 e. The first-order valence-electron chi connectivity index (χ1n) is 7.27. The molecule has 0 spiro atoms. The summed E-state index contributed by atoms with van der Waals surface area (Å²) in [6.45, 7) is 0.761. The molecule has 114 valence electrons. The molecule has 3 rings (SSSR count). The van der Waals surface area contributed by atoms with Crippen LogP contribution >= 0.6 is 0 Å². The molecule has 0 saturated heterocycles. The predicted molar refractivity (Wildman–Crippen MR) is 76.0 cm³/mol. The van der Waals surface area contributed by atoms with Crippen molar-refractivity contribution in [2.45, 2.75) is 38.3 Å². The minimum absolute atomic E-state index is 0.0157. The van der Waals surface area contributed by atoms with Gasteiger partial charge in [0.25, 0.3) is 0 Å². The van der Waals surface area contributed by atoms with Crippen LogP contribution in [0.3, 0.4) is 0 Å². The highest BCUT2D eigenvalue weighted by Crippen LogP contribution is 2.37. The van der Waals surface area contributed by atoms with Crippen molar-refractivity contribution in [3.8, 4) is 17.2 Å². The van der Waals surface area contributed by atoms with E-state index in [1.54, 1.807) is 12.1 Å². The molecule has 1 aromatic carbocycles. The lowest BCUT2D eigenvalue weighted by Crippen LogP contribution is -2.36. The molecule has 4 N–H and O–H groups in total. The standard InChI is InChI=1S/C15H20N2O4/c16-15(19)9-1-3-11(4-2-9)17-7-10-5-13-14(6-12(10)18)21-8-20-13/h5-6,9,11,17-18H,1-4,7-8H2,(H2,16,19). The molecule has 0 unspecified atom stereocenters. The van der Waals surface area contributed by atoms with Crippen LogP contribution in [0.1, 0.15) is 31.2 Å². The highest BCUT2D eigenvalue weighted by atomic mass is 16.7. The molecule has 1 fully saturated rings. The van der Waals surface area contributed by atoms with Crippen LogP contribution in [0.2, 0.25) is 0 Å². The molecule has 21 heavy (non-hydrogen) atoms. The average Bonchev–Trinajstić information content (AvgIpc) is 2.92. The maximum Gasteiger partial charge on any atom is 0.231 e. The summed E-state index contributed by atoms with van der Waals surface area (Å²) < 4.78 is 10.5. The summed E-state index contributed by atoms with van der Waals surface area (Å²) in [6, 6.07) is 3.74. The van der Waals surface area contributed by atoms with Crippen molar-refractivity contribution in [3.05, 3.63) is 17.7 Å². The molecule has 6 heteroatoms. The summed E-state index contributed by atoms with van der Waals surface area (Å²) in [5.41, 5.74) is 6.12. The number of hydrogen-bond donors (Lipinski definition) is 3. The zero-order chi connectivity index (χ0) is 14.8. The Balaban J connectivity index is 1.55. The van der Waals surface area contributed by atoms with Crippen LogP contribution in [0.5, 0.6) is 17.2 Å². The Kier molecular flexibility index (Phi) is 3.88. The predicted octanol–water partition coefficient (Wildman–Crippen LogP) is 1.25. The first kappa shape index (κ1) is 14.0. The number of carbonyl (C=O) groups excluding carboxylic acids is 1. The lowest BCUT2D eigenvalue weighted by Gasteiger charge is -2.27. The molecule has 6 nitrogen and oxygen atoms in total. The average molecular weight is 292 g/mol. The summed E-state index contributed by atoms with van der Waals surface area (Å²) in [5, 5.41) is 13.4. The fourth-order valence-electron chi connectivity index (χ4n) is 2.95. The molecule has 1 aliphatic heterocycles. The number of nitrogens with one attached hydrogen (secondary N) is 1. The number of ether oxygens (including phenoxy) is 2. The van der Waals surface area contributed by atoms with Gasteiger partial charge in [-0.05, 0) is 31.7 Å². The van der Waals surface area contributed by atoms with Crippen LogP contribution in [-0.4, -0.2) is 23.8 Å². The fourth-order valence-corrected chi connectivity index (χ4v) is 2.95. The van der Waals surface area contributed by atoms with Gasteiger partial charge in [0, 0.05) is 30.1 Å². The van der Waals surface area contributed by atoms with Crippen molar-refractivity contribution in [2.24, 2.45) is 11.7 Å². The van der Waals surface area contributed by atoms with Crippen LogP contribution in [0, 0.1) is 5.92 Å². The van der Waals surface area contributed by atoms with E-state index in [0.717, 1.165) is 31.2 Å². The van der Waals surface area contributed by atoms with Gasteiger partial charge in [-0.3, -0.25) is 4.79 Å². The Morgan fingerprint density at radius 1 is 1.24 bits per heavy atom. The number of fused-ring (bicyclic) bond motifs is 1. The Hall–Kier alpha value is -1.95. The maximum atomic E-state index is 11.1. The molecule has 0 bridgehead atoms. The number of phenols is 1. The normalized spacial score (nSPS) is 24.0. The number of primary amides is 1. The quantitative estimate of drug-likeness (QED) is 0.776. The molecule has 0 aromatic heterocycles. The van der Waals surface area contributed by atoms with E-state index in [1.807, 2.05) is 0 Å². The van der Waals surface area contributed by atoms with Gasteiger partial charge in [-0.1, -0.05) is 0 Å². The van der Waals surface area contributed by atoms with Crippen molar-refractivity contribution in [2.75, 3.05) is 6.79 Å². The lowest BCUT2D eigenvalue weighted by molar-refractivity contribution is -0.122. The van der Waals surface area contributed by atoms with Gasteiger partial charge < -0.3 is 25.6 Å². The van der Waals surface area contributed by atoms with E-state index in [-0.39, 0.29) is 24.4 Å². The third-order valence-corrected chi connectivity index (χ3v) is 4.28. The van der Waals surface area contributed by atoms with Crippen LogP contribution in [-0.2, 0) is 11.3 Å². The summed E-state index contributed by atoms with van der Waals surface area (Å²) >= 11 is 0. The van der Waals surface area contributed by atoms with Gasteiger partial charge in [0.2, 0.25) is 12.7 Å². The minimum atomic E-state index is -0.193. The summed E-state index contributed by atoms with van der Waals surface area (Å²) in [5.74, 6) is 1.28. The Morgan fingerprint density at radius 2 is 1.90 bits per heavy atom. The summed E-state index contributed by atoms with van der Waals surface area (Å²) in [6.07, 6.45) is 3.53. The second-order valence-corrected chi connectivity index (χ2v) is 5.67. The van der Waals surface area contributed by atoms with E-state index in [0.29, 0.717) is 24.1 Å². The molecule has 1 heterocycles. The van der Waals surface area contributed by atoms with Crippen LogP contribution < -0.4 is 20.5 Å². The van der Waals surface area contributed by atoms with Gasteiger partial charge in [-0.15, -0.1) is 0 Å². The van der Waals surface area contributed by atoms with Gasteiger partial charge in [0.05, 0.1) is 0 Å². The summed E-state index contributed by atoms with van der Waals surface area (Å²) in [4.78, 5) is 11.1. The number of benzene rings is 1. The smallest absolute Gasteiger partial charge is 0.231 e. The Bertz CT molecular complexity index is 539.